The van der Waals surface area contributed by atoms with E-state index in [9.17, 15) is 19.8 Å². The largest absolute Gasteiger partial charge is 0.478 e. The lowest BCUT2D eigenvalue weighted by molar-refractivity contribution is 0.0682. The lowest BCUT2D eigenvalue weighted by atomic mass is 9.96. The maximum atomic E-state index is 11.6. The Bertz CT molecular complexity index is 1080. The minimum Gasteiger partial charge on any atom is -0.478 e. The fraction of sp³-hybridized carbons (Fsp3) is 0.543. The molecule has 5 nitrogen and oxygen atoms in total. The Morgan fingerprint density at radius 3 is 1.82 bits per heavy atom. The molecule has 2 aromatic rings. The highest BCUT2D eigenvalue weighted by Crippen LogP contribution is 2.26. The van der Waals surface area contributed by atoms with Crippen molar-refractivity contribution in [3.63, 3.8) is 0 Å². The normalized spacial score (nSPS) is 10.7. The summed E-state index contributed by atoms with van der Waals surface area (Å²) in [5.74, 6) is 3.87. The fourth-order valence-electron chi connectivity index (χ4n) is 4.88. The first-order chi connectivity index (χ1) is 19.5. The van der Waals surface area contributed by atoms with Crippen molar-refractivity contribution in [3.05, 3.63) is 59.2 Å². The van der Waals surface area contributed by atoms with Crippen LogP contribution in [0.5, 0.6) is 0 Å². The Morgan fingerprint density at radius 2 is 1.27 bits per heavy atom. The van der Waals surface area contributed by atoms with Crippen LogP contribution in [0.4, 0.5) is 0 Å². The predicted octanol–water partition coefficient (Wildman–Crippen LogP) is 9.38. The van der Waals surface area contributed by atoms with E-state index in [1.165, 1.54) is 115 Å². The van der Waals surface area contributed by atoms with E-state index < -0.39 is 11.9 Å². The molecule has 2 rings (SSSR count). The number of hydrogen-bond acceptors (Lipinski definition) is 3. The zero-order chi connectivity index (χ0) is 28.8. The molecule has 0 saturated carbocycles. The average Bonchev–Trinajstić information content (AvgIpc) is 2.96. The van der Waals surface area contributed by atoms with Gasteiger partial charge in [-0.2, -0.15) is 0 Å². The molecule has 0 aliphatic rings. The molecule has 0 aliphatic heterocycles. The van der Waals surface area contributed by atoms with Crippen molar-refractivity contribution in [2.75, 3.05) is 13.2 Å². The summed E-state index contributed by atoms with van der Waals surface area (Å²) in [4.78, 5) is 23.0. The van der Waals surface area contributed by atoms with E-state index in [-0.39, 0.29) is 11.1 Å². The summed E-state index contributed by atoms with van der Waals surface area (Å²) in [5.41, 5.74) is 1.79. The first-order valence-corrected chi connectivity index (χ1v) is 15.3. The third-order valence-corrected chi connectivity index (χ3v) is 7.22. The van der Waals surface area contributed by atoms with E-state index in [2.05, 4.69) is 18.8 Å². The average molecular weight is 549 g/mol. The first kappa shape index (κ1) is 33.1. The van der Waals surface area contributed by atoms with Crippen LogP contribution in [0.2, 0.25) is 0 Å². The molecule has 218 valence electrons. The Hall–Kier alpha value is -3.10. The van der Waals surface area contributed by atoms with Crippen molar-refractivity contribution in [2.24, 2.45) is 0 Å². The molecule has 5 heteroatoms. The van der Waals surface area contributed by atoms with Crippen molar-refractivity contribution in [1.82, 2.24) is 0 Å². The van der Waals surface area contributed by atoms with Crippen molar-refractivity contribution in [2.45, 2.75) is 110 Å². The molecule has 0 bridgehead atoms. The van der Waals surface area contributed by atoms with Crippen LogP contribution in [0.1, 0.15) is 136 Å². The molecule has 0 heterocycles. The maximum Gasteiger partial charge on any atom is 0.336 e. The Balaban J connectivity index is 1.56. The summed E-state index contributed by atoms with van der Waals surface area (Å²) < 4.78 is 5.67. The zero-order valence-corrected chi connectivity index (χ0v) is 24.4. The second-order valence-corrected chi connectivity index (χ2v) is 10.6. The van der Waals surface area contributed by atoms with Gasteiger partial charge in [-0.05, 0) is 47.9 Å². The molecule has 2 N–H and O–H groups in total. The number of aromatic carboxylic acids is 2. The fourth-order valence-corrected chi connectivity index (χ4v) is 4.88. The molecule has 0 aliphatic carbocycles. The van der Waals surface area contributed by atoms with Gasteiger partial charge in [0.1, 0.15) is 6.61 Å². The van der Waals surface area contributed by atoms with Crippen LogP contribution in [-0.2, 0) is 4.74 Å². The van der Waals surface area contributed by atoms with Gasteiger partial charge in [-0.25, -0.2) is 9.59 Å². The van der Waals surface area contributed by atoms with E-state index >= 15 is 0 Å². The molecule has 0 saturated heterocycles. The molecule has 2 aromatic carbocycles. The second kappa shape index (κ2) is 20.8. The Morgan fingerprint density at radius 1 is 0.700 bits per heavy atom. The van der Waals surface area contributed by atoms with Gasteiger partial charge in [0.2, 0.25) is 0 Å². The van der Waals surface area contributed by atoms with Crippen LogP contribution in [0.15, 0.2) is 42.5 Å². The quantitative estimate of drug-likeness (QED) is 0.120. The van der Waals surface area contributed by atoms with Gasteiger partial charge in [-0.1, -0.05) is 127 Å². The van der Waals surface area contributed by atoms with Crippen molar-refractivity contribution >= 4 is 11.9 Å². The van der Waals surface area contributed by atoms with Gasteiger partial charge in [0.05, 0.1) is 11.1 Å². The van der Waals surface area contributed by atoms with Gasteiger partial charge in [0.15, 0.2) is 0 Å². The topological polar surface area (TPSA) is 83.8 Å². The summed E-state index contributed by atoms with van der Waals surface area (Å²) in [6, 6.07) is 11.2. The van der Waals surface area contributed by atoms with Crippen molar-refractivity contribution < 1.29 is 24.5 Å². The van der Waals surface area contributed by atoms with Gasteiger partial charge in [0, 0.05) is 12.2 Å². The molecule has 0 radical (unpaired) electrons. The third kappa shape index (κ3) is 13.8. The van der Waals surface area contributed by atoms with E-state index in [1.54, 1.807) is 18.2 Å². The molecule has 0 unspecified atom stereocenters. The number of ether oxygens (including phenoxy) is 1. The maximum absolute atomic E-state index is 11.6. The summed E-state index contributed by atoms with van der Waals surface area (Å²) in [6.07, 6.45) is 21.6. The number of carboxylic acid groups (broad SMARTS) is 2. The smallest absolute Gasteiger partial charge is 0.336 e. The summed E-state index contributed by atoms with van der Waals surface area (Å²) in [6.45, 7) is 3.32. The monoisotopic (exact) mass is 548 g/mol. The van der Waals surface area contributed by atoms with Crippen LogP contribution < -0.4 is 0 Å². The van der Waals surface area contributed by atoms with Crippen molar-refractivity contribution in [3.8, 4) is 23.0 Å². The molecule has 0 atom stereocenters. The molecule has 0 spiro atoms. The van der Waals surface area contributed by atoms with Gasteiger partial charge in [-0.3, -0.25) is 0 Å². The molecular weight excluding hydrogens is 500 g/mol. The van der Waals surface area contributed by atoms with E-state index in [0.717, 1.165) is 12.0 Å². The molecule has 0 aromatic heterocycles. The van der Waals surface area contributed by atoms with E-state index in [4.69, 9.17) is 4.74 Å². The van der Waals surface area contributed by atoms with Gasteiger partial charge in [0.25, 0.3) is 0 Å². The predicted molar refractivity (Wildman–Crippen MR) is 163 cm³/mol. The van der Waals surface area contributed by atoms with E-state index in [0.29, 0.717) is 24.3 Å². The lowest BCUT2D eigenvalue weighted by Crippen LogP contribution is -2.03. The summed E-state index contributed by atoms with van der Waals surface area (Å²) in [7, 11) is 0. The van der Waals surface area contributed by atoms with Gasteiger partial charge < -0.3 is 14.9 Å². The Labute approximate surface area is 241 Å². The van der Waals surface area contributed by atoms with Gasteiger partial charge in [-0.15, -0.1) is 0 Å². The Kier molecular flexibility index (Phi) is 17.2. The molecule has 40 heavy (non-hydrogen) atoms. The lowest BCUT2D eigenvalue weighted by Gasteiger charge is -2.08. The van der Waals surface area contributed by atoms with Crippen LogP contribution in [0.3, 0.4) is 0 Å². The first-order valence-electron chi connectivity index (χ1n) is 15.3. The molecule has 0 fully saturated rings. The van der Waals surface area contributed by atoms with Crippen molar-refractivity contribution in [1.29, 1.82) is 0 Å². The number of rotatable bonds is 21. The zero-order valence-electron chi connectivity index (χ0n) is 24.4. The van der Waals surface area contributed by atoms with E-state index in [1.807, 2.05) is 6.07 Å². The standard InChI is InChI=1S/C35H48O5/c1-2-3-4-5-6-7-8-9-10-11-12-13-14-15-16-17-25-40-26-19-21-29-20-18-22-30(27-29)33-28-31(34(36)37)23-24-32(33)35(38)39/h18,20,22-24,27-28H,2-17,25-26H2,1H3,(H,36,37)(H,38,39). The number of carbonyl (C=O) groups is 2. The number of benzene rings is 2. The summed E-state index contributed by atoms with van der Waals surface area (Å²) in [5, 5.41) is 18.8. The third-order valence-electron chi connectivity index (χ3n) is 7.22. The van der Waals surface area contributed by atoms with Crippen LogP contribution in [-0.4, -0.2) is 35.4 Å². The minimum absolute atomic E-state index is 0.0407. The van der Waals surface area contributed by atoms with Crippen LogP contribution in [0.25, 0.3) is 11.1 Å². The molecule has 0 amide bonds. The summed E-state index contributed by atoms with van der Waals surface area (Å²) >= 11 is 0. The highest BCUT2D eigenvalue weighted by Gasteiger charge is 2.15. The highest BCUT2D eigenvalue weighted by molar-refractivity contribution is 5.99. The number of unbranched alkanes of at least 4 members (excludes halogenated alkanes) is 15. The van der Waals surface area contributed by atoms with Gasteiger partial charge >= 0.3 is 11.9 Å². The number of hydrogen-bond donors (Lipinski definition) is 2. The van der Waals surface area contributed by atoms with Crippen LogP contribution >= 0.6 is 0 Å². The number of carboxylic acids is 2. The highest BCUT2D eigenvalue weighted by atomic mass is 16.5. The SMILES string of the molecule is CCCCCCCCCCCCCCCCCCOCC#Cc1cccc(-c2cc(C(=O)O)ccc2C(=O)O)c1. The second-order valence-electron chi connectivity index (χ2n) is 10.6. The molecular formula is C35H48O5. The minimum atomic E-state index is -1.11. The van der Waals surface area contributed by atoms with Crippen LogP contribution in [0, 0.1) is 11.8 Å².